The highest BCUT2D eigenvalue weighted by Crippen LogP contribution is 2.37. The number of nitrogens with one attached hydrogen (secondary N) is 2. The van der Waals surface area contributed by atoms with Gasteiger partial charge in [0.1, 0.15) is 16.6 Å². The summed E-state index contributed by atoms with van der Waals surface area (Å²) in [6.07, 6.45) is 4.56. The van der Waals surface area contributed by atoms with Gasteiger partial charge < -0.3 is 19.9 Å². The van der Waals surface area contributed by atoms with Crippen molar-refractivity contribution in [3.8, 4) is 17.3 Å². The number of likely N-dealkylation sites (tertiary alicyclic amines) is 1. The average molecular weight is 559 g/mol. The van der Waals surface area contributed by atoms with Gasteiger partial charge in [0.2, 0.25) is 5.95 Å². The Kier molecular flexibility index (Phi) is 7.10. The number of fused-ring (bicyclic) bond motifs is 1. The highest BCUT2D eigenvalue weighted by atomic mass is 35.5. The largest absolute Gasteiger partial charge is 0.444 e. The van der Waals surface area contributed by atoms with Crippen molar-refractivity contribution in [2.45, 2.75) is 57.6 Å². The van der Waals surface area contributed by atoms with Crippen molar-refractivity contribution in [1.29, 1.82) is 5.26 Å². The Balaban J connectivity index is 1.67. The molecule has 1 aliphatic heterocycles. The summed E-state index contributed by atoms with van der Waals surface area (Å²) < 4.78 is 30.5. The van der Waals surface area contributed by atoms with Gasteiger partial charge >= 0.3 is 6.09 Å². The Bertz CT molecular complexity index is 1550. The van der Waals surface area contributed by atoms with Crippen molar-refractivity contribution >= 4 is 44.4 Å². The third-order valence-corrected chi connectivity index (χ3v) is 7.58. The first-order valence-corrected chi connectivity index (χ1v) is 14.4. The minimum atomic E-state index is -3.69. The number of hydrogen-bond acceptors (Lipinski definition) is 8. The number of hydrogen-bond donors (Lipinski definition) is 2. The van der Waals surface area contributed by atoms with Gasteiger partial charge in [-0.2, -0.15) is 5.26 Å². The van der Waals surface area contributed by atoms with Gasteiger partial charge in [-0.05, 0) is 38.7 Å². The second-order valence-electron chi connectivity index (χ2n) is 11.4. The number of carbonyl (C=O) groups excluding carboxylic acids is 1. The molecule has 202 valence electrons. The molecule has 2 aromatic heterocycles. The number of amides is 1. The van der Waals surface area contributed by atoms with Crippen molar-refractivity contribution < 1.29 is 17.9 Å². The zero-order valence-electron chi connectivity index (χ0n) is 22.2. The Labute approximate surface area is 227 Å². The number of nitrogens with zero attached hydrogens (tertiary/aromatic N) is 4. The molecule has 0 radical (unpaired) electrons. The van der Waals surface area contributed by atoms with Gasteiger partial charge in [-0.25, -0.2) is 23.2 Å². The van der Waals surface area contributed by atoms with E-state index in [2.05, 4.69) is 34.1 Å². The number of halogens is 1. The van der Waals surface area contributed by atoms with Crippen LogP contribution in [0, 0.1) is 16.7 Å². The van der Waals surface area contributed by atoms with Crippen molar-refractivity contribution in [1.82, 2.24) is 19.9 Å². The summed E-state index contributed by atoms with van der Waals surface area (Å²) in [6, 6.07) is 4.94. The quantitative estimate of drug-likeness (QED) is 0.455. The van der Waals surface area contributed by atoms with Crippen molar-refractivity contribution in [2.24, 2.45) is 5.41 Å². The normalized spacial score (nSPS) is 17.7. The first-order valence-electron chi connectivity index (χ1n) is 12.1. The number of ether oxygens (including phenoxy) is 1. The summed E-state index contributed by atoms with van der Waals surface area (Å²) in [6.45, 7) is 10.7. The molecule has 0 saturated carbocycles. The first-order chi connectivity index (χ1) is 17.6. The number of sulfone groups is 1. The SMILES string of the molecule is CC1(C)C[C@H](Nc2ncc(Cl)c(-c3c[nH]c4c(S(C)(=O)=O)c(C#N)ccc34)n2)CN(C(=O)OC(C)(C)C)C1. The molecule has 0 aliphatic carbocycles. The minimum absolute atomic E-state index is 0.0546. The van der Waals surface area contributed by atoms with Crippen LogP contribution in [0.1, 0.15) is 46.6 Å². The number of benzene rings is 1. The number of carbonyl (C=O) groups is 1. The van der Waals surface area contributed by atoms with Crippen molar-refractivity contribution in [3.05, 3.63) is 35.1 Å². The van der Waals surface area contributed by atoms with Crippen LogP contribution in [-0.2, 0) is 14.6 Å². The Morgan fingerprint density at radius 2 is 2.05 bits per heavy atom. The van der Waals surface area contributed by atoms with Crippen LogP contribution in [0.15, 0.2) is 29.4 Å². The predicted octanol–water partition coefficient (Wildman–Crippen LogP) is 5.00. The van der Waals surface area contributed by atoms with Crippen LogP contribution in [0.25, 0.3) is 22.2 Å². The summed E-state index contributed by atoms with van der Waals surface area (Å²) in [5.74, 6) is 0.322. The van der Waals surface area contributed by atoms with Gasteiger partial charge in [-0.15, -0.1) is 0 Å². The number of piperidine rings is 1. The van der Waals surface area contributed by atoms with E-state index in [9.17, 15) is 18.5 Å². The number of anilines is 1. The highest BCUT2D eigenvalue weighted by Gasteiger charge is 2.37. The van der Waals surface area contributed by atoms with E-state index >= 15 is 0 Å². The number of H-pyrrole nitrogens is 1. The van der Waals surface area contributed by atoms with Gasteiger partial charge in [0.15, 0.2) is 9.84 Å². The maximum absolute atomic E-state index is 12.8. The van der Waals surface area contributed by atoms with Crippen LogP contribution >= 0.6 is 11.6 Å². The summed E-state index contributed by atoms with van der Waals surface area (Å²) in [4.78, 5) is 26.4. The molecule has 0 spiro atoms. The molecule has 0 bridgehead atoms. The molecule has 12 heteroatoms. The third kappa shape index (κ3) is 5.87. The molecule has 1 aliphatic rings. The van der Waals surface area contributed by atoms with E-state index < -0.39 is 15.4 Å². The fourth-order valence-corrected chi connectivity index (χ4v) is 6.10. The second kappa shape index (κ2) is 9.75. The van der Waals surface area contributed by atoms with Crippen LogP contribution < -0.4 is 5.32 Å². The molecule has 1 atom stereocenters. The zero-order valence-corrected chi connectivity index (χ0v) is 23.8. The highest BCUT2D eigenvalue weighted by molar-refractivity contribution is 7.91. The average Bonchev–Trinajstić information content (AvgIpc) is 3.20. The van der Waals surface area contributed by atoms with Crippen LogP contribution in [0.2, 0.25) is 5.02 Å². The van der Waals surface area contributed by atoms with Gasteiger partial charge in [0.25, 0.3) is 0 Å². The van der Waals surface area contributed by atoms with E-state index in [1.54, 1.807) is 17.2 Å². The van der Waals surface area contributed by atoms with E-state index in [4.69, 9.17) is 16.3 Å². The number of rotatable bonds is 4. The fraction of sp³-hybridized carbons (Fsp3) is 0.462. The zero-order chi connectivity index (χ0) is 28.0. The molecule has 38 heavy (non-hydrogen) atoms. The Morgan fingerprint density at radius 1 is 1.34 bits per heavy atom. The maximum atomic E-state index is 12.8. The standard InChI is InChI=1S/C26H31ClN6O4S/c1-25(2,3)37-24(34)33-13-16(9-26(4,5)14-33)31-23-30-12-19(27)20(32-23)18-11-29-21-17(18)8-7-15(10-28)22(21)38(6,35)36/h7-8,11-12,16,29H,9,13-14H2,1-6H3,(H,30,31,32)/t16-/m0/s1. The van der Waals surface area contributed by atoms with Gasteiger partial charge in [0, 0.05) is 42.5 Å². The molecule has 1 aromatic carbocycles. The maximum Gasteiger partial charge on any atom is 0.410 e. The van der Waals surface area contributed by atoms with Crippen LogP contribution in [0.3, 0.4) is 0 Å². The molecule has 0 unspecified atom stereocenters. The molecule has 3 aromatic rings. The van der Waals surface area contributed by atoms with Gasteiger partial charge in [0.05, 0.1) is 28.0 Å². The number of aromatic nitrogens is 3. The Hall–Kier alpha value is -3.36. The lowest BCUT2D eigenvalue weighted by molar-refractivity contribution is 0.00710. The summed E-state index contributed by atoms with van der Waals surface area (Å²) in [5.41, 5.74) is 0.578. The number of aromatic amines is 1. The molecule has 1 saturated heterocycles. The third-order valence-electron chi connectivity index (χ3n) is 6.14. The summed E-state index contributed by atoms with van der Waals surface area (Å²) in [7, 11) is -3.69. The van der Waals surface area contributed by atoms with E-state index in [0.29, 0.717) is 41.2 Å². The number of nitriles is 1. The van der Waals surface area contributed by atoms with Crippen LogP contribution in [0.5, 0.6) is 0 Å². The molecule has 1 amide bonds. The fourth-order valence-electron chi connectivity index (χ4n) is 4.86. The van der Waals surface area contributed by atoms with E-state index in [1.165, 1.54) is 12.3 Å². The molecule has 10 nitrogen and oxygen atoms in total. The summed E-state index contributed by atoms with van der Waals surface area (Å²) in [5, 5.41) is 13.6. The van der Waals surface area contributed by atoms with E-state index in [-0.39, 0.29) is 33.0 Å². The molecular formula is C26H31ClN6O4S. The van der Waals surface area contributed by atoms with Crippen molar-refractivity contribution in [2.75, 3.05) is 24.7 Å². The lowest BCUT2D eigenvalue weighted by Crippen LogP contribution is -2.53. The monoisotopic (exact) mass is 558 g/mol. The molecule has 4 rings (SSSR count). The second-order valence-corrected chi connectivity index (χ2v) is 13.8. The Morgan fingerprint density at radius 3 is 2.68 bits per heavy atom. The first kappa shape index (κ1) is 27.7. The topological polar surface area (TPSA) is 141 Å². The van der Waals surface area contributed by atoms with Crippen LogP contribution in [-0.4, -0.2) is 65.4 Å². The minimum Gasteiger partial charge on any atom is -0.444 e. The molecule has 1 fully saturated rings. The van der Waals surface area contributed by atoms with Gasteiger partial charge in [-0.1, -0.05) is 31.5 Å². The van der Waals surface area contributed by atoms with E-state index in [0.717, 1.165) is 12.7 Å². The van der Waals surface area contributed by atoms with Gasteiger partial charge in [-0.3, -0.25) is 0 Å². The molecule has 2 N–H and O–H groups in total. The molecule has 3 heterocycles. The van der Waals surface area contributed by atoms with Crippen LogP contribution in [0.4, 0.5) is 10.7 Å². The van der Waals surface area contributed by atoms with Crippen molar-refractivity contribution in [3.63, 3.8) is 0 Å². The lowest BCUT2D eigenvalue weighted by Gasteiger charge is -2.42. The molecular weight excluding hydrogens is 528 g/mol. The smallest absolute Gasteiger partial charge is 0.410 e. The summed E-state index contributed by atoms with van der Waals surface area (Å²) >= 11 is 6.48. The van der Waals surface area contributed by atoms with E-state index in [1.807, 2.05) is 26.8 Å². The lowest BCUT2D eigenvalue weighted by atomic mass is 9.82. The predicted molar refractivity (Wildman–Crippen MR) is 146 cm³/mol.